The first kappa shape index (κ1) is 15.0. The van der Waals surface area contributed by atoms with Gasteiger partial charge in [0, 0.05) is 0 Å². The number of carboxylic acid groups (broad SMARTS) is 1. The molecule has 0 aliphatic heterocycles. The van der Waals surface area contributed by atoms with Gasteiger partial charge in [-0.05, 0) is 23.8 Å². The van der Waals surface area contributed by atoms with Gasteiger partial charge in [0.15, 0.2) is 0 Å². The van der Waals surface area contributed by atoms with Gasteiger partial charge in [0.25, 0.3) is 0 Å². The summed E-state index contributed by atoms with van der Waals surface area (Å²) < 4.78 is 1.06. The Balaban J connectivity index is 2.39. The minimum Gasteiger partial charge on any atom is -0.480 e. The van der Waals surface area contributed by atoms with E-state index in [4.69, 9.17) is 5.11 Å². The molecule has 100 valence electrons. The fourth-order valence-electron chi connectivity index (χ4n) is 1.41. The maximum absolute atomic E-state index is 11.6. The number of hydrogen-bond donors (Lipinski definition) is 2. The Bertz CT molecular complexity index is 390. The second kappa shape index (κ2) is 7.43. The van der Waals surface area contributed by atoms with Crippen molar-refractivity contribution in [1.29, 1.82) is 0 Å². The molecular weight excluding hydrogens is 270 g/mol. The van der Waals surface area contributed by atoms with Crippen LogP contribution in [-0.2, 0) is 9.59 Å². The molecule has 0 aliphatic rings. The number of carboxylic acids is 1. The average molecular weight is 287 g/mol. The number of carbonyl (C=O) groups is 2. The van der Waals surface area contributed by atoms with Crippen LogP contribution in [0, 0.1) is 5.92 Å². The highest BCUT2D eigenvalue weighted by Gasteiger charge is 2.20. The third-order valence-corrected chi connectivity index (χ3v) is 4.31. The number of carbonyl (C=O) groups excluding carboxylic acids is 1. The second-order valence-corrected chi connectivity index (χ2v) is 6.53. The molecule has 1 amide bonds. The summed E-state index contributed by atoms with van der Waals surface area (Å²) in [5.74, 6) is -0.724. The maximum atomic E-state index is 11.6. The molecule has 1 rings (SSSR count). The Kier molecular flexibility index (Phi) is 6.21. The first-order chi connectivity index (χ1) is 8.49. The van der Waals surface area contributed by atoms with Gasteiger partial charge in [0.1, 0.15) is 6.04 Å². The van der Waals surface area contributed by atoms with Crippen molar-refractivity contribution < 1.29 is 14.7 Å². The van der Waals surface area contributed by atoms with Crippen LogP contribution in [0.2, 0.25) is 0 Å². The van der Waals surface area contributed by atoms with E-state index in [1.807, 2.05) is 31.4 Å². The van der Waals surface area contributed by atoms with Crippen LogP contribution >= 0.6 is 23.1 Å². The van der Waals surface area contributed by atoms with E-state index in [1.165, 1.54) is 11.8 Å². The first-order valence-electron chi connectivity index (χ1n) is 5.67. The van der Waals surface area contributed by atoms with E-state index in [0.29, 0.717) is 6.42 Å². The van der Waals surface area contributed by atoms with Crippen LogP contribution in [0.15, 0.2) is 21.7 Å². The first-order valence-corrected chi connectivity index (χ1v) is 7.54. The summed E-state index contributed by atoms with van der Waals surface area (Å²) in [6, 6.07) is 3.07. The number of amides is 1. The molecule has 0 spiro atoms. The number of thioether (sulfide) groups is 1. The van der Waals surface area contributed by atoms with Crippen molar-refractivity contribution in [2.45, 2.75) is 30.5 Å². The minimum absolute atomic E-state index is 0.233. The predicted molar refractivity (Wildman–Crippen MR) is 74.1 cm³/mol. The number of aliphatic carboxylic acids is 1. The molecule has 0 saturated carbocycles. The maximum Gasteiger partial charge on any atom is 0.326 e. The molecule has 6 heteroatoms. The zero-order chi connectivity index (χ0) is 13.5. The number of thiophene rings is 1. The van der Waals surface area contributed by atoms with E-state index >= 15 is 0 Å². The molecule has 0 fully saturated rings. The third kappa shape index (κ3) is 5.55. The van der Waals surface area contributed by atoms with Crippen LogP contribution < -0.4 is 5.32 Å². The third-order valence-electron chi connectivity index (χ3n) is 2.18. The molecule has 4 nitrogen and oxygen atoms in total. The molecule has 0 aliphatic carbocycles. The standard InChI is InChI=1S/C12H17NO3S2/c1-8(2)6-9(12(15)16)13-10(14)7-18-11-4-3-5-17-11/h3-5,8-9H,6-7H2,1-2H3,(H,13,14)(H,15,16)/t9-/m1/s1. The van der Waals surface area contributed by atoms with E-state index in [9.17, 15) is 9.59 Å². The van der Waals surface area contributed by atoms with Gasteiger partial charge in [-0.3, -0.25) is 4.79 Å². The lowest BCUT2D eigenvalue weighted by Crippen LogP contribution is -2.42. The van der Waals surface area contributed by atoms with Crippen molar-refractivity contribution >= 4 is 35.0 Å². The van der Waals surface area contributed by atoms with Crippen molar-refractivity contribution in [3.8, 4) is 0 Å². The van der Waals surface area contributed by atoms with Crippen molar-refractivity contribution in [1.82, 2.24) is 5.32 Å². The zero-order valence-corrected chi connectivity index (χ0v) is 12.0. The lowest BCUT2D eigenvalue weighted by molar-refractivity contribution is -0.141. The van der Waals surface area contributed by atoms with Crippen LogP contribution in [0.4, 0.5) is 0 Å². The molecule has 2 N–H and O–H groups in total. The van der Waals surface area contributed by atoms with Gasteiger partial charge in [-0.25, -0.2) is 4.79 Å². The second-order valence-electron chi connectivity index (χ2n) is 4.31. The molecule has 1 heterocycles. The summed E-state index contributed by atoms with van der Waals surface area (Å²) in [6.45, 7) is 3.87. The summed E-state index contributed by atoms with van der Waals surface area (Å²) in [4.78, 5) is 22.6. The van der Waals surface area contributed by atoms with E-state index in [2.05, 4.69) is 5.32 Å². The predicted octanol–water partition coefficient (Wildman–Crippen LogP) is 2.46. The highest BCUT2D eigenvalue weighted by Crippen LogP contribution is 2.22. The fourth-order valence-corrected chi connectivity index (χ4v) is 3.01. The Morgan fingerprint density at radius 3 is 2.72 bits per heavy atom. The smallest absolute Gasteiger partial charge is 0.326 e. The van der Waals surface area contributed by atoms with Gasteiger partial charge in [-0.1, -0.05) is 19.9 Å². The van der Waals surface area contributed by atoms with E-state index < -0.39 is 12.0 Å². The molecule has 0 saturated heterocycles. The molecule has 1 aromatic heterocycles. The topological polar surface area (TPSA) is 66.4 Å². The van der Waals surface area contributed by atoms with Gasteiger partial charge in [-0.2, -0.15) is 0 Å². The van der Waals surface area contributed by atoms with E-state index in [-0.39, 0.29) is 17.6 Å². The van der Waals surface area contributed by atoms with Gasteiger partial charge >= 0.3 is 5.97 Å². The van der Waals surface area contributed by atoms with Crippen LogP contribution in [0.3, 0.4) is 0 Å². The van der Waals surface area contributed by atoms with Gasteiger partial charge in [0.2, 0.25) is 5.91 Å². The normalized spacial score (nSPS) is 12.4. The zero-order valence-electron chi connectivity index (χ0n) is 10.4. The molecule has 0 aromatic carbocycles. The molecule has 1 atom stereocenters. The molecule has 1 aromatic rings. The van der Waals surface area contributed by atoms with Gasteiger partial charge < -0.3 is 10.4 Å². The minimum atomic E-state index is -0.974. The average Bonchev–Trinajstić information content (AvgIpc) is 2.77. The number of rotatable bonds is 7. The van der Waals surface area contributed by atoms with Gasteiger partial charge in [0.05, 0.1) is 9.96 Å². The molecule has 0 radical (unpaired) electrons. The lowest BCUT2D eigenvalue weighted by atomic mass is 10.0. The summed E-state index contributed by atoms with van der Waals surface area (Å²) in [7, 11) is 0. The van der Waals surface area contributed by atoms with Crippen LogP contribution in [0.1, 0.15) is 20.3 Å². The van der Waals surface area contributed by atoms with Crippen LogP contribution in [0.25, 0.3) is 0 Å². The molecular formula is C12H17NO3S2. The SMILES string of the molecule is CC(C)C[C@@H](NC(=O)CSc1cccs1)C(=O)O. The van der Waals surface area contributed by atoms with E-state index in [0.717, 1.165) is 4.21 Å². The van der Waals surface area contributed by atoms with Crippen LogP contribution in [0.5, 0.6) is 0 Å². The summed E-state index contributed by atoms with van der Waals surface area (Å²) >= 11 is 2.99. The summed E-state index contributed by atoms with van der Waals surface area (Å²) in [6.07, 6.45) is 0.449. The Morgan fingerprint density at radius 2 is 2.22 bits per heavy atom. The van der Waals surface area contributed by atoms with Crippen molar-refractivity contribution in [3.63, 3.8) is 0 Å². The molecule has 0 unspecified atom stereocenters. The lowest BCUT2D eigenvalue weighted by Gasteiger charge is -2.16. The van der Waals surface area contributed by atoms with Crippen molar-refractivity contribution in [2.75, 3.05) is 5.75 Å². The summed E-state index contributed by atoms with van der Waals surface area (Å²) in [5.41, 5.74) is 0. The Morgan fingerprint density at radius 1 is 1.50 bits per heavy atom. The monoisotopic (exact) mass is 287 g/mol. The van der Waals surface area contributed by atoms with Gasteiger partial charge in [-0.15, -0.1) is 23.1 Å². The number of nitrogens with one attached hydrogen (secondary N) is 1. The highest BCUT2D eigenvalue weighted by atomic mass is 32.2. The van der Waals surface area contributed by atoms with E-state index in [1.54, 1.807) is 11.3 Å². The van der Waals surface area contributed by atoms with Crippen molar-refractivity contribution in [3.05, 3.63) is 17.5 Å². The fraction of sp³-hybridized carbons (Fsp3) is 0.500. The number of hydrogen-bond acceptors (Lipinski definition) is 4. The summed E-state index contributed by atoms with van der Waals surface area (Å²) in [5, 5.41) is 13.5. The molecule has 18 heavy (non-hydrogen) atoms. The Labute approximate surface area is 115 Å². The largest absolute Gasteiger partial charge is 0.480 e. The van der Waals surface area contributed by atoms with Crippen LogP contribution in [-0.4, -0.2) is 28.8 Å². The Hall–Kier alpha value is -1.01. The quantitative estimate of drug-likeness (QED) is 0.756. The molecule has 0 bridgehead atoms. The highest BCUT2D eigenvalue weighted by molar-refractivity contribution is 8.01. The van der Waals surface area contributed by atoms with Crippen molar-refractivity contribution in [2.24, 2.45) is 5.92 Å².